The first-order valence-electron chi connectivity index (χ1n) is 16.1. The van der Waals surface area contributed by atoms with E-state index < -0.39 is 8.07 Å². The van der Waals surface area contributed by atoms with Crippen LogP contribution in [0, 0.1) is 0 Å². The zero-order valence-electron chi connectivity index (χ0n) is 25.7. The van der Waals surface area contributed by atoms with Gasteiger partial charge in [0.05, 0.1) is 22.4 Å². The standard InChI is InChI=1S/C43H31N3Si/c1-3-17-32(18-4-1)47(33-19-5-2-6-20-33)42-29-15-13-27-40(42)46(41-28-14-16-30-43(41)47)38-25-11-8-22-35(38)34-21-7-10-24-37(34)45-31-44-36-23-9-12-26-39(36)45/h1-31H. The Labute approximate surface area is 275 Å². The largest absolute Gasteiger partial charge is 0.310 e. The van der Waals surface area contributed by atoms with E-state index in [-0.39, 0.29) is 0 Å². The number of hydrogen-bond donors (Lipinski definition) is 0. The lowest BCUT2D eigenvalue weighted by molar-refractivity contribution is 1.09. The van der Waals surface area contributed by atoms with Gasteiger partial charge < -0.3 is 4.90 Å². The molecule has 0 bridgehead atoms. The Morgan fingerprint density at radius 1 is 0.383 bits per heavy atom. The smallest absolute Gasteiger partial charge is 0.184 e. The third kappa shape index (κ3) is 4.16. The Morgan fingerprint density at radius 3 is 1.45 bits per heavy atom. The molecule has 7 aromatic carbocycles. The first-order chi connectivity index (χ1) is 23.4. The molecule has 0 saturated heterocycles. The first kappa shape index (κ1) is 27.3. The van der Waals surface area contributed by atoms with E-state index in [0.717, 1.165) is 28.0 Å². The number of para-hydroxylation sites is 6. The van der Waals surface area contributed by atoms with Gasteiger partial charge >= 0.3 is 0 Å². The van der Waals surface area contributed by atoms with Gasteiger partial charge in [-0.15, -0.1) is 0 Å². The topological polar surface area (TPSA) is 21.1 Å². The van der Waals surface area contributed by atoms with Crippen LogP contribution in [-0.2, 0) is 0 Å². The quantitative estimate of drug-likeness (QED) is 0.184. The summed E-state index contributed by atoms with van der Waals surface area (Å²) in [6.45, 7) is 0. The predicted octanol–water partition coefficient (Wildman–Crippen LogP) is 7.85. The average Bonchev–Trinajstić information content (AvgIpc) is 3.59. The van der Waals surface area contributed by atoms with Crippen LogP contribution in [0.1, 0.15) is 0 Å². The predicted molar refractivity (Wildman–Crippen MR) is 198 cm³/mol. The zero-order chi connectivity index (χ0) is 31.2. The van der Waals surface area contributed by atoms with E-state index in [1.807, 2.05) is 12.4 Å². The van der Waals surface area contributed by atoms with Crippen molar-refractivity contribution in [2.24, 2.45) is 0 Å². The fraction of sp³-hybridized carbons (Fsp3) is 0. The van der Waals surface area contributed by atoms with Crippen LogP contribution in [0.5, 0.6) is 0 Å². The van der Waals surface area contributed by atoms with Gasteiger partial charge in [-0.1, -0.05) is 146 Å². The van der Waals surface area contributed by atoms with Crippen molar-refractivity contribution in [3.63, 3.8) is 0 Å². The monoisotopic (exact) mass is 617 g/mol. The number of anilines is 3. The van der Waals surface area contributed by atoms with Gasteiger partial charge in [0.1, 0.15) is 6.33 Å². The second-order valence-electron chi connectivity index (χ2n) is 12.0. The number of rotatable bonds is 5. The second kappa shape index (κ2) is 11.1. The van der Waals surface area contributed by atoms with E-state index in [0.29, 0.717) is 0 Å². The van der Waals surface area contributed by atoms with Crippen molar-refractivity contribution in [2.45, 2.75) is 0 Å². The van der Waals surface area contributed by atoms with Crippen molar-refractivity contribution < 1.29 is 0 Å². The molecule has 47 heavy (non-hydrogen) atoms. The van der Waals surface area contributed by atoms with Crippen LogP contribution in [0.15, 0.2) is 188 Å². The molecule has 0 amide bonds. The van der Waals surface area contributed by atoms with E-state index in [9.17, 15) is 0 Å². The van der Waals surface area contributed by atoms with Gasteiger partial charge in [-0.3, -0.25) is 4.57 Å². The fourth-order valence-corrected chi connectivity index (χ4v) is 12.7. The summed E-state index contributed by atoms with van der Waals surface area (Å²) in [5.41, 5.74) is 9.09. The van der Waals surface area contributed by atoms with Gasteiger partial charge in [0.25, 0.3) is 0 Å². The minimum absolute atomic E-state index is 0.984. The molecule has 4 heteroatoms. The van der Waals surface area contributed by atoms with E-state index in [2.05, 4.69) is 185 Å². The Morgan fingerprint density at radius 2 is 0.830 bits per heavy atom. The maximum Gasteiger partial charge on any atom is 0.184 e. The molecule has 1 aliphatic rings. The van der Waals surface area contributed by atoms with Crippen LogP contribution in [-0.4, -0.2) is 17.6 Å². The Bertz CT molecular complexity index is 2290. The van der Waals surface area contributed by atoms with Gasteiger partial charge in [0.2, 0.25) is 0 Å². The van der Waals surface area contributed by atoms with Crippen molar-refractivity contribution in [1.29, 1.82) is 0 Å². The Hall–Kier alpha value is -5.97. The molecular weight excluding hydrogens is 587 g/mol. The van der Waals surface area contributed by atoms with Crippen LogP contribution in [0.25, 0.3) is 27.8 Å². The molecule has 1 aromatic heterocycles. The summed E-state index contributed by atoms with van der Waals surface area (Å²) in [7, 11) is -2.69. The van der Waals surface area contributed by atoms with Crippen molar-refractivity contribution in [2.75, 3.05) is 4.90 Å². The molecular formula is C43H31N3Si. The van der Waals surface area contributed by atoms with Crippen molar-refractivity contribution in [1.82, 2.24) is 9.55 Å². The SMILES string of the molecule is c1ccc([Si]2(c3ccccc3)c3ccccc3N(c3ccccc3-c3ccccc3-n3cnc4ccccc43)c3ccccc32)cc1. The highest BCUT2D eigenvalue weighted by Gasteiger charge is 2.48. The number of aromatic nitrogens is 2. The van der Waals surface area contributed by atoms with Gasteiger partial charge in [0, 0.05) is 22.5 Å². The molecule has 222 valence electrons. The molecule has 0 fully saturated rings. The molecule has 2 heterocycles. The third-order valence-corrected chi connectivity index (χ3v) is 14.4. The summed E-state index contributed by atoms with van der Waals surface area (Å²) in [6.07, 6.45) is 1.94. The highest BCUT2D eigenvalue weighted by Crippen LogP contribution is 2.44. The summed E-state index contributed by atoms with van der Waals surface area (Å²) < 4.78 is 2.21. The summed E-state index contributed by atoms with van der Waals surface area (Å²) in [5, 5.41) is 5.55. The molecule has 0 saturated carbocycles. The molecule has 9 rings (SSSR count). The van der Waals surface area contributed by atoms with E-state index >= 15 is 0 Å². The summed E-state index contributed by atoms with van der Waals surface area (Å²) >= 11 is 0. The van der Waals surface area contributed by atoms with Gasteiger partial charge in [-0.25, -0.2) is 4.98 Å². The molecule has 0 aliphatic carbocycles. The van der Waals surface area contributed by atoms with Gasteiger partial charge in [0.15, 0.2) is 8.07 Å². The van der Waals surface area contributed by atoms with Crippen molar-refractivity contribution in [3.05, 3.63) is 188 Å². The molecule has 0 radical (unpaired) electrons. The van der Waals surface area contributed by atoms with E-state index in [1.165, 1.54) is 37.7 Å². The van der Waals surface area contributed by atoms with Gasteiger partial charge in [-0.05, 0) is 57.1 Å². The lowest BCUT2D eigenvalue weighted by atomic mass is 9.99. The molecule has 1 aliphatic heterocycles. The van der Waals surface area contributed by atoms with Crippen molar-refractivity contribution >= 4 is 56.9 Å². The highest BCUT2D eigenvalue weighted by molar-refractivity contribution is 7.21. The van der Waals surface area contributed by atoms with E-state index in [1.54, 1.807) is 0 Å². The minimum Gasteiger partial charge on any atom is -0.310 e. The van der Waals surface area contributed by atoms with Crippen LogP contribution in [0.3, 0.4) is 0 Å². The Kier molecular flexibility index (Phi) is 6.47. The number of benzene rings is 7. The van der Waals surface area contributed by atoms with Gasteiger partial charge in [-0.2, -0.15) is 0 Å². The van der Waals surface area contributed by atoms with Crippen LogP contribution >= 0.6 is 0 Å². The Balaban J connectivity index is 1.33. The van der Waals surface area contributed by atoms with Crippen LogP contribution in [0.4, 0.5) is 17.1 Å². The molecule has 0 atom stereocenters. The summed E-state index contributed by atoms with van der Waals surface area (Å²) in [4.78, 5) is 7.23. The minimum atomic E-state index is -2.69. The molecule has 8 aromatic rings. The fourth-order valence-electron chi connectivity index (χ4n) is 7.63. The number of nitrogens with zero attached hydrogens (tertiary/aromatic N) is 3. The average molecular weight is 618 g/mol. The van der Waals surface area contributed by atoms with Crippen LogP contribution < -0.4 is 25.6 Å². The summed E-state index contributed by atoms with van der Waals surface area (Å²) in [5.74, 6) is 0. The third-order valence-electron chi connectivity index (χ3n) is 9.56. The second-order valence-corrected chi connectivity index (χ2v) is 15.7. The summed E-state index contributed by atoms with van der Waals surface area (Å²) in [6, 6.07) is 66.4. The number of hydrogen-bond acceptors (Lipinski definition) is 2. The molecule has 0 unspecified atom stereocenters. The maximum absolute atomic E-state index is 4.73. The molecule has 0 spiro atoms. The van der Waals surface area contributed by atoms with E-state index in [4.69, 9.17) is 4.98 Å². The zero-order valence-corrected chi connectivity index (χ0v) is 26.7. The lowest BCUT2D eigenvalue weighted by Crippen LogP contribution is -2.77. The highest BCUT2D eigenvalue weighted by atomic mass is 28.3. The van der Waals surface area contributed by atoms with Crippen molar-refractivity contribution in [3.8, 4) is 16.8 Å². The normalized spacial score (nSPS) is 13.2. The number of fused-ring (bicyclic) bond motifs is 3. The first-order valence-corrected chi connectivity index (χ1v) is 18.1. The number of imidazole rings is 1. The lowest BCUT2D eigenvalue weighted by Gasteiger charge is -2.45. The van der Waals surface area contributed by atoms with Crippen LogP contribution in [0.2, 0.25) is 0 Å². The molecule has 0 N–H and O–H groups in total. The maximum atomic E-state index is 4.73. The molecule has 3 nitrogen and oxygen atoms in total.